The largest absolute Gasteiger partial charge is 0.394 e. The van der Waals surface area contributed by atoms with Crippen molar-refractivity contribution < 1.29 is 19.5 Å². The molecular formula is C29H34BrN3O4S. The van der Waals surface area contributed by atoms with Gasteiger partial charge in [-0.05, 0) is 49.4 Å². The van der Waals surface area contributed by atoms with Gasteiger partial charge in [-0.1, -0.05) is 65.3 Å². The lowest BCUT2D eigenvalue weighted by Gasteiger charge is -2.37. The van der Waals surface area contributed by atoms with Crippen LogP contribution in [0.3, 0.4) is 0 Å². The van der Waals surface area contributed by atoms with E-state index in [0.29, 0.717) is 18.7 Å². The first-order chi connectivity index (χ1) is 18.2. The number of carbonyl (C=O) groups is 3. The maximum Gasteiger partial charge on any atom is 0.248 e. The number of nitrogens with one attached hydrogen (secondary N) is 2. The van der Waals surface area contributed by atoms with Crippen LogP contribution < -0.4 is 10.6 Å². The van der Waals surface area contributed by atoms with Gasteiger partial charge in [0, 0.05) is 22.3 Å². The number of thioether (sulfide) groups is 1. The van der Waals surface area contributed by atoms with Gasteiger partial charge in [0.1, 0.15) is 6.04 Å². The normalized spacial score (nSPS) is 30.3. The van der Waals surface area contributed by atoms with Crippen LogP contribution in [-0.4, -0.2) is 61.7 Å². The van der Waals surface area contributed by atoms with Gasteiger partial charge in [-0.3, -0.25) is 14.4 Å². The minimum absolute atomic E-state index is 0.00539. The summed E-state index contributed by atoms with van der Waals surface area (Å²) in [4.78, 5) is 43.6. The van der Waals surface area contributed by atoms with E-state index in [1.807, 2.05) is 69.3 Å². The summed E-state index contributed by atoms with van der Waals surface area (Å²) >= 11 is 5.40. The molecule has 2 aromatic carbocycles. The predicted octanol–water partition coefficient (Wildman–Crippen LogP) is 3.97. The van der Waals surface area contributed by atoms with Crippen LogP contribution in [0.25, 0.3) is 0 Å². The number of halogens is 1. The van der Waals surface area contributed by atoms with Gasteiger partial charge in [-0.25, -0.2) is 0 Å². The fraction of sp³-hybridized carbons (Fsp3) is 0.483. The molecule has 0 saturated carbocycles. The first-order valence-corrected chi connectivity index (χ1v) is 15.0. The van der Waals surface area contributed by atoms with E-state index in [4.69, 9.17) is 0 Å². The molecule has 3 aliphatic heterocycles. The number of aryl methyl sites for hydroxylation is 2. The van der Waals surface area contributed by atoms with E-state index >= 15 is 0 Å². The van der Waals surface area contributed by atoms with Gasteiger partial charge in [0.25, 0.3) is 0 Å². The number of likely N-dealkylation sites (tertiary alicyclic amines) is 1. The first kappa shape index (κ1) is 27.2. The summed E-state index contributed by atoms with van der Waals surface area (Å²) in [7, 11) is 0. The Morgan fingerprint density at radius 3 is 2.61 bits per heavy atom. The molecule has 0 aliphatic carbocycles. The summed E-state index contributed by atoms with van der Waals surface area (Å²) in [5, 5.41) is 16.6. The molecule has 38 heavy (non-hydrogen) atoms. The molecule has 0 radical (unpaired) electrons. The van der Waals surface area contributed by atoms with Crippen molar-refractivity contribution in [2.45, 2.75) is 60.5 Å². The third kappa shape index (κ3) is 4.36. The molecule has 0 aromatic heterocycles. The Kier molecular flexibility index (Phi) is 7.64. The molecule has 3 aliphatic rings. The van der Waals surface area contributed by atoms with Crippen molar-refractivity contribution in [3.05, 3.63) is 65.2 Å². The number of aliphatic hydroxyl groups excluding tert-OH is 1. The van der Waals surface area contributed by atoms with E-state index in [1.165, 1.54) is 0 Å². The molecule has 2 bridgehead atoms. The molecule has 3 amide bonds. The number of hydrogen-bond donors (Lipinski definition) is 3. The number of benzene rings is 2. The number of anilines is 1. The Bertz CT molecular complexity index is 1240. The van der Waals surface area contributed by atoms with E-state index < -0.39 is 28.7 Å². The Balaban J connectivity index is 1.60. The van der Waals surface area contributed by atoms with Gasteiger partial charge in [0.05, 0.1) is 29.2 Å². The molecule has 3 unspecified atom stereocenters. The fourth-order valence-corrected chi connectivity index (χ4v) is 10.1. The SMILES string of the molecule is CCCNC(=O)[C@H]1[C@@H]2SC3(CC2Br)C(C(=O)Nc2cc(C)ccc2C)N([C@H](CO)c2ccccc2)C(=O)[C@H]13. The Morgan fingerprint density at radius 2 is 1.92 bits per heavy atom. The lowest BCUT2D eigenvalue weighted by atomic mass is 9.70. The summed E-state index contributed by atoms with van der Waals surface area (Å²) < 4.78 is -0.784. The molecule has 3 N–H and O–H groups in total. The maximum absolute atomic E-state index is 14.4. The second-order valence-electron chi connectivity index (χ2n) is 10.6. The van der Waals surface area contributed by atoms with Gasteiger partial charge in [-0.2, -0.15) is 0 Å². The second-order valence-corrected chi connectivity index (χ2v) is 13.3. The monoisotopic (exact) mass is 599 g/mol. The molecule has 3 fully saturated rings. The highest BCUT2D eigenvalue weighted by molar-refractivity contribution is 9.09. The van der Waals surface area contributed by atoms with Gasteiger partial charge in [0.2, 0.25) is 17.7 Å². The third-order valence-electron chi connectivity index (χ3n) is 8.17. The minimum Gasteiger partial charge on any atom is -0.394 e. The highest BCUT2D eigenvalue weighted by Crippen LogP contribution is 2.68. The van der Waals surface area contributed by atoms with Crippen LogP contribution in [0.2, 0.25) is 0 Å². The number of aliphatic hydroxyl groups is 1. The Labute approximate surface area is 236 Å². The molecule has 7 atom stereocenters. The van der Waals surface area contributed by atoms with Crippen molar-refractivity contribution in [1.29, 1.82) is 0 Å². The summed E-state index contributed by atoms with van der Waals surface area (Å²) in [6, 6.07) is 13.7. The van der Waals surface area contributed by atoms with Gasteiger partial charge >= 0.3 is 0 Å². The van der Waals surface area contributed by atoms with Gasteiger partial charge in [-0.15, -0.1) is 11.8 Å². The van der Waals surface area contributed by atoms with Crippen molar-refractivity contribution in [3.63, 3.8) is 0 Å². The molecule has 3 saturated heterocycles. The van der Waals surface area contributed by atoms with E-state index in [2.05, 4.69) is 26.6 Å². The van der Waals surface area contributed by atoms with Crippen molar-refractivity contribution in [3.8, 4) is 0 Å². The van der Waals surface area contributed by atoms with Gasteiger partial charge in [0.15, 0.2) is 0 Å². The average Bonchev–Trinajstić information content (AvgIpc) is 3.49. The smallest absolute Gasteiger partial charge is 0.248 e. The topological polar surface area (TPSA) is 98.7 Å². The van der Waals surface area contributed by atoms with E-state index in [-0.39, 0.29) is 34.4 Å². The first-order valence-electron chi connectivity index (χ1n) is 13.2. The van der Waals surface area contributed by atoms with Crippen LogP contribution in [-0.2, 0) is 14.4 Å². The second kappa shape index (κ2) is 10.7. The Hall–Kier alpha value is -2.36. The number of nitrogens with zero attached hydrogens (tertiary/aromatic N) is 1. The minimum atomic E-state index is -0.851. The van der Waals surface area contributed by atoms with E-state index in [9.17, 15) is 19.5 Å². The van der Waals surface area contributed by atoms with Crippen molar-refractivity contribution in [2.75, 3.05) is 18.5 Å². The highest BCUT2D eigenvalue weighted by Gasteiger charge is 2.76. The number of alkyl halides is 1. The lowest BCUT2D eigenvalue weighted by molar-refractivity contribution is -0.142. The Morgan fingerprint density at radius 1 is 1.18 bits per heavy atom. The van der Waals surface area contributed by atoms with Crippen molar-refractivity contribution in [1.82, 2.24) is 10.2 Å². The number of hydrogen-bond acceptors (Lipinski definition) is 5. The molecule has 202 valence electrons. The van der Waals surface area contributed by atoms with E-state index in [0.717, 1.165) is 23.1 Å². The summed E-state index contributed by atoms with van der Waals surface area (Å²) in [6.07, 6.45) is 1.38. The van der Waals surface area contributed by atoms with Crippen LogP contribution in [0.4, 0.5) is 5.69 Å². The summed E-state index contributed by atoms with van der Waals surface area (Å²) in [5.74, 6) is -1.85. The molecular weight excluding hydrogens is 566 g/mol. The molecule has 2 aromatic rings. The van der Waals surface area contributed by atoms with Crippen LogP contribution in [0.15, 0.2) is 48.5 Å². The molecule has 3 heterocycles. The zero-order valence-electron chi connectivity index (χ0n) is 21.8. The third-order valence-corrected chi connectivity index (χ3v) is 11.4. The molecule has 5 rings (SSSR count). The lowest BCUT2D eigenvalue weighted by Crippen LogP contribution is -2.53. The number of rotatable bonds is 8. The summed E-state index contributed by atoms with van der Waals surface area (Å²) in [5.41, 5.74) is 3.40. The molecule has 9 heteroatoms. The van der Waals surface area contributed by atoms with Crippen LogP contribution in [0.1, 0.15) is 42.5 Å². The number of fused-ring (bicyclic) bond motifs is 1. The number of amides is 3. The van der Waals surface area contributed by atoms with Crippen molar-refractivity contribution in [2.24, 2.45) is 11.8 Å². The van der Waals surface area contributed by atoms with Crippen LogP contribution in [0.5, 0.6) is 0 Å². The zero-order chi connectivity index (χ0) is 27.2. The maximum atomic E-state index is 14.4. The highest BCUT2D eigenvalue weighted by atomic mass is 79.9. The summed E-state index contributed by atoms with van der Waals surface area (Å²) in [6.45, 7) is 6.11. The molecule has 1 spiro atoms. The predicted molar refractivity (Wildman–Crippen MR) is 153 cm³/mol. The molecule has 7 nitrogen and oxygen atoms in total. The van der Waals surface area contributed by atoms with Crippen molar-refractivity contribution >= 4 is 51.1 Å². The van der Waals surface area contributed by atoms with Crippen LogP contribution >= 0.6 is 27.7 Å². The number of carbonyl (C=O) groups excluding carboxylic acids is 3. The average molecular weight is 601 g/mol. The van der Waals surface area contributed by atoms with Gasteiger partial charge < -0.3 is 20.6 Å². The zero-order valence-corrected chi connectivity index (χ0v) is 24.2. The quantitative estimate of drug-likeness (QED) is 0.399. The van der Waals surface area contributed by atoms with Crippen LogP contribution in [0, 0.1) is 25.7 Å². The standard InChI is InChI=1S/C29H34BrN3O4S/c1-4-12-31-26(35)22-23-28(37)33(21(15-34)18-8-6-5-7-9-18)25(29(23)14-19(30)24(22)38-29)27(36)32-20-13-16(2)10-11-17(20)3/h5-11,13,19,21-25,34H,4,12,14-15H2,1-3H3,(H,31,35)(H,32,36)/t19?,21-,22-,23+,24-,25?,29?/m1/s1. The fourth-order valence-electron chi connectivity index (χ4n) is 6.47. The van der Waals surface area contributed by atoms with E-state index in [1.54, 1.807) is 16.7 Å².